The van der Waals surface area contributed by atoms with Gasteiger partial charge in [-0.25, -0.2) is 14.4 Å². The Kier molecular flexibility index (Phi) is 3.01. The first-order chi connectivity index (χ1) is 11.3. The van der Waals surface area contributed by atoms with Crippen molar-refractivity contribution < 1.29 is 4.39 Å². The average Bonchev–Trinajstić information content (AvgIpc) is 3.06. The molecule has 0 amide bonds. The standard InChI is InChI=1S/C17H12FN5/c18-13-4-2-1-3-12(13)15-14(11-5-7-20-8-6-11)16-21-9-10-23(16)17(19)22-15/h1-10H,(H2,19,22). The molecular weight excluding hydrogens is 293 g/mol. The molecule has 4 rings (SSSR count). The number of benzene rings is 1. The first-order valence-electron chi connectivity index (χ1n) is 7.03. The Labute approximate surface area is 131 Å². The minimum absolute atomic E-state index is 0.258. The van der Waals surface area contributed by atoms with Gasteiger partial charge in [-0.05, 0) is 29.8 Å². The number of rotatable bonds is 2. The van der Waals surface area contributed by atoms with Gasteiger partial charge in [0.1, 0.15) is 11.5 Å². The first-order valence-corrected chi connectivity index (χ1v) is 7.03. The number of hydrogen-bond donors (Lipinski definition) is 1. The summed E-state index contributed by atoms with van der Waals surface area (Å²) in [7, 11) is 0. The maximum Gasteiger partial charge on any atom is 0.206 e. The normalized spacial score (nSPS) is 11.0. The zero-order valence-electron chi connectivity index (χ0n) is 12.0. The Bertz CT molecular complexity index is 994. The summed E-state index contributed by atoms with van der Waals surface area (Å²) in [5.41, 5.74) is 9.06. The largest absolute Gasteiger partial charge is 0.369 e. The third kappa shape index (κ3) is 2.12. The van der Waals surface area contributed by atoms with Crippen molar-refractivity contribution in [2.75, 3.05) is 5.73 Å². The average molecular weight is 305 g/mol. The molecule has 0 bridgehead atoms. The molecule has 2 N–H and O–H groups in total. The van der Waals surface area contributed by atoms with E-state index in [2.05, 4.69) is 15.0 Å². The highest BCUT2D eigenvalue weighted by molar-refractivity contribution is 5.90. The topological polar surface area (TPSA) is 69.1 Å². The van der Waals surface area contributed by atoms with E-state index < -0.39 is 0 Å². The van der Waals surface area contributed by atoms with E-state index >= 15 is 0 Å². The second kappa shape index (κ2) is 5.17. The van der Waals surface area contributed by atoms with Gasteiger partial charge in [-0.3, -0.25) is 9.38 Å². The van der Waals surface area contributed by atoms with Crippen LogP contribution < -0.4 is 5.73 Å². The number of fused-ring (bicyclic) bond motifs is 1. The molecule has 0 aliphatic rings. The monoisotopic (exact) mass is 305 g/mol. The van der Waals surface area contributed by atoms with Crippen molar-refractivity contribution in [2.45, 2.75) is 0 Å². The molecule has 0 saturated carbocycles. The van der Waals surface area contributed by atoms with Crippen LogP contribution in [0.1, 0.15) is 0 Å². The molecule has 0 spiro atoms. The lowest BCUT2D eigenvalue weighted by molar-refractivity contribution is 0.631. The Hall–Kier alpha value is -3.28. The van der Waals surface area contributed by atoms with Crippen LogP contribution in [0.4, 0.5) is 10.3 Å². The fourth-order valence-electron chi connectivity index (χ4n) is 2.64. The van der Waals surface area contributed by atoms with Crippen molar-refractivity contribution in [3.8, 4) is 22.4 Å². The molecule has 0 aliphatic heterocycles. The number of hydrogen-bond acceptors (Lipinski definition) is 4. The molecule has 23 heavy (non-hydrogen) atoms. The van der Waals surface area contributed by atoms with Crippen molar-refractivity contribution in [1.82, 2.24) is 19.4 Å². The van der Waals surface area contributed by atoms with Crippen molar-refractivity contribution in [1.29, 1.82) is 0 Å². The van der Waals surface area contributed by atoms with Crippen molar-refractivity contribution >= 4 is 11.6 Å². The highest BCUT2D eigenvalue weighted by Gasteiger charge is 2.19. The number of anilines is 1. The number of halogens is 1. The van der Waals surface area contributed by atoms with Gasteiger partial charge < -0.3 is 5.73 Å². The van der Waals surface area contributed by atoms with Gasteiger partial charge in [0, 0.05) is 30.4 Å². The zero-order valence-corrected chi connectivity index (χ0v) is 12.0. The van der Waals surface area contributed by atoms with Crippen LogP contribution in [0, 0.1) is 5.82 Å². The van der Waals surface area contributed by atoms with Gasteiger partial charge in [0.15, 0.2) is 0 Å². The lowest BCUT2D eigenvalue weighted by Crippen LogP contribution is -2.04. The summed E-state index contributed by atoms with van der Waals surface area (Å²) < 4.78 is 16.0. The fraction of sp³-hybridized carbons (Fsp3) is 0. The maximum absolute atomic E-state index is 14.3. The zero-order chi connectivity index (χ0) is 15.8. The van der Waals surface area contributed by atoms with Gasteiger partial charge in [0.2, 0.25) is 5.95 Å². The third-order valence-corrected chi connectivity index (χ3v) is 3.67. The van der Waals surface area contributed by atoms with Crippen molar-refractivity contribution in [2.24, 2.45) is 0 Å². The van der Waals surface area contributed by atoms with Crippen LogP contribution in [0.3, 0.4) is 0 Å². The summed E-state index contributed by atoms with van der Waals surface area (Å²) in [5, 5.41) is 0. The van der Waals surface area contributed by atoms with E-state index in [1.54, 1.807) is 47.4 Å². The van der Waals surface area contributed by atoms with Gasteiger partial charge in [-0.1, -0.05) is 12.1 Å². The predicted octanol–water partition coefficient (Wildman–Crippen LogP) is 3.18. The quantitative estimate of drug-likeness (QED) is 0.617. The molecule has 0 fully saturated rings. The van der Waals surface area contributed by atoms with Crippen LogP contribution in [0.5, 0.6) is 0 Å². The van der Waals surface area contributed by atoms with Crippen LogP contribution in [0.15, 0.2) is 61.2 Å². The third-order valence-electron chi connectivity index (χ3n) is 3.67. The maximum atomic E-state index is 14.3. The van der Waals surface area contributed by atoms with Gasteiger partial charge in [0.25, 0.3) is 0 Å². The molecule has 3 heterocycles. The summed E-state index contributed by atoms with van der Waals surface area (Å²) in [6, 6.07) is 10.2. The molecule has 0 radical (unpaired) electrons. The number of imidazole rings is 1. The molecule has 0 saturated heterocycles. The summed E-state index contributed by atoms with van der Waals surface area (Å²) >= 11 is 0. The van der Waals surface area contributed by atoms with Gasteiger partial charge in [0.05, 0.1) is 11.3 Å². The SMILES string of the molecule is Nc1nc(-c2ccccc2F)c(-c2ccncc2)c2nccn12. The molecule has 4 aromatic rings. The van der Waals surface area contributed by atoms with E-state index in [-0.39, 0.29) is 11.8 Å². The van der Waals surface area contributed by atoms with E-state index in [4.69, 9.17) is 5.73 Å². The summed E-state index contributed by atoms with van der Waals surface area (Å²) in [6.07, 6.45) is 6.73. The summed E-state index contributed by atoms with van der Waals surface area (Å²) in [4.78, 5) is 12.8. The molecule has 0 unspecified atom stereocenters. The van der Waals surface area contributed by atoms with E-state index in [0.29, 0.717) is 16.9 Å². The van der Waals surface area contributed by atoms with Gasteiger partial charge in [-0.2, -0.15) is 0 Å². The Morgan fingerprint density at radius 2 is 1.78 bits per heavy atom. The molecule has 3 aromatic heterocycles. The van der Waals surface area contributed by atoms with E-state index in [9.17, 15) is 4.39 Å². The predicted molar refractivity (Wildman–Crippen MR) is 86.0 cm³/mol. The number of nitrogens with two attached hydrogens (primary N) is 1. The lowest BCUT2D eigenvalue weighted by Gasteiger charge is -2.13. The number of pyridine rings is 1. The van der Waals surface area contributed by atoms with E-state index in [1.165, 1.54) is 6.07 Å². The lowest BCUT2D eigenvalue weighted by atomic mass is 10.0. The van der Waals surface area contributed by atoms with Crippen LogP contribution in [-0.4, -0.2) is 19.4 Å². The molecule has 0 atom stereocenters. The van der Waals surface area contributed by atoms with Crippen LogP contribution in [-0.2, 0) is 0 Å². The summed E-state index contributed by atoms with van der Waals surface area (Å²) in [5.74, 6) is -0.0980. The van der Waals surface area contributed by atoms with Crippen LogP contribution >= 0.6 is 0 Å². The highest BCUT2D eigenvalue weighted by atomic mass is 19.1. The van der Waals surface area contributed by atoms with Crippen LogP contribution in [0.25, 0.3) is 28.0 Å². The molecular formula is C17H12FN5. The van der Waals surface area contributed by atoms with E-state index in [1.807, 2.05) is 12.1 Å². The minimum atomic E-state index is -0.356. The summed E-state index contributed by atoms with van der Waals surface area (Å²) in [6.45, 7) is 0. The molecule has 1 aromatic carbocycles. The molecule has 5 nitrogen and oxygen atoms in total. The molecule has 112 valence electrons. The minimum Gasteiger partial charge on any atom is -0.369 e. The number of nitrogens with zero attached hydrogens (tertiary/aromatic N) is 4. The second-order valence-corrected chi connectivity index (χ2v) is 5.03. The second-order valence-electron chi connectivity index (χ2n) is 5.03. The number of aromatic nitrogens is 4. The molecule has 6 heteroatoms. The van der Waals surface area contributed by atoms with Crippen molar-refractivity contribution in [3.63, 3.8) is 0 Å². The first kappa shape index (κ1) is 13.4. The number of nitrogen functional groups attached to an aromatic ring is 1. The van der Waals surface area contributed by atoms with Gasteiger partial charge in [-0.15, -0.1) is 0 Å². The fourth-order valence-corrected chi connectivity index (χ4v) is 2.64. The van der Waals surface area contributed by atoms with Crippen LogP contribution in [0.2, 0.25) is 0 Å². The van der Waals surface area contributed by atoms with Gasteiger partial charge >= 0.3 is 0 Å². The Morgan fingerprint density at radius 1 is 1.00 bits per heavy atom. The Morgan fingerprint density at radius 3 is 2.57 bits per heavy atom. The Balaban J connectivity index is 2.14. The van der Waals surface area contributed by atoms with Crippen molar-refractivity contribution in [3.05, 3.63) is 67.0 Å². The molecule has 0 aliphatic carbocycles. The van der Waals surface area contributed by atoms with E-state index in [0.717, 1.165) is 11.1 Å². The highest BCUT2D eigenvalue weighted by Crippen LogP contribution is 2.35. The smallest absolute Gasteiger partial charge is 0.206 e.